The van der Waals surface area contributed by atoms with Gasteiger partial charge in [-0.15, -0.1) is 0 Å². The van der Waals surface area contributed by atoms with E-state index in [1.165, 1.54) is 49.3 Å². The van der Waals surface area contributed by atoms with Gasteiger partial charge in [-0.25, -0.2) is 9.98 Å². The molecule has 3 heterocycles. The number of para-hydroxylation sites is 1. The van der Waals surface area contributed by atoms with Gasteiger partial charge in [0.1, 0.15) is 23.3 Å². The van der Waals surface area contributed by atoms with Gasteiger partial charge in [-0.1, -0.05) is 127 Å². The lowest BCUT2D eigenvalue weighted by atomic mass is 9.94. The standard InChI is InChI=1S/C49H34N4O/c1-3-11-31(12-4-1)32-19-21-34(22-20-32)48-50-47(33-13-5-2-6-14-33)51-49(52-48)37-23-25-40-42-30-38(24-26-45(42)54-46(40)29-37)53-43-18-10-9-17-39(43)41-27-35-15-7-8-16-36(35)28-44(41)53/h1-22,24,26-30,47H,23,25H2,(H,50,51,52). The molecule has 2 aromatic heterocycles. The zero-order valence-corrected chi connectivity index (χ0v) is 29.4. The van der Waals surface area contributed by atoms with E-state index < -0.39 is 0 Å². The summed E-state index contributed by atoms with van der Waals surface area (Å²) in [7, 11) is 0. The van der Waals surface area contributed by atoms with Gasteiger partial charge < -0.3 is 14.3 Å². The van der Waals surface area contributed by atoms with Gasteiger partial charge in [-0.2, -0.15) is 0 Å². The Labute approximate surface area is 312 Å². The molecule has 0 amide bonds. The number of aryl methyl sites for hydroxylation is 1. The molecule has 0 radical (unpaired) electrons. The van der Waals surface area contributed by atoms with Crippen LogP contribution in [-0.2, 0) is 6.42 Å². The van der Waals surface area contributed by atoms with Crippen molar-refractivity contribution < 1.29 is 4.42 Å². The minimum atomic E-state index is -0.258. The molecule has 1 N–H and O–H groups in total. The maximum atomic E-state index is 6.60. The average Bonchev–Trinajstić information content (AvgIpc) is 3.77. The van der Waals surface area contributed by atoms with Gasteiger partial charge in [0, 0.05) is 33.0 Å². The Bertz CT molecular complexity index is 3000. The summed E-state index contributed by atoms with van der Waals surface area (Å²) in [6.07, 6.45) is 3.61. The van der Waals surface area contributed by atoms with E-state index in [0.29, 0.717) is 0 Å². The van der Waals surface area contributed by atoms with E-state index in [9.17, 15) is 0 Å². The first-order valence-corrected chi connectivity index (χ1v) is 18.6. The fourth-order valence-corrected chi connectivity index (χ4v) is 8.27. The van der Waals surface area contributed by atoms with Crippen LogP contribution in [-0.4, -0.2) is 16.2 Å². The van der Waals surface area contributed by atoms with Crippen molar-refractivity contribution in [3.8, 4) is 16.8 Å². The molecule has 1 unspecified atom stereocenters. The zero-order chi connectivity index (χ0) is 35.6. The summed E-state index contributed by atoms with van der Waals surface area (Å²) in [6, 6.07) is 58.0. The third kappa shape index (κ3) is 5.08. The first-order chi connectivity index (χ1) is 26.7. The highest BCUT2D eigenvalue weighted by Gasteiger charge is 2.26. The smallest absolute Gasteiger partial charge is 0.159 e. The van der Waals surface area contributed by atoms with E-state index in [-0.39, 0.29) is 6.17 Å². The fourth-order valence-electron chi connectivity index (χ4n) is 8.27. The predicted molar refractivity (Wildman–Crippen MR) is 223 cm³/mol. The Balaban J connectivity index is 0.986. The molecule has 0 saturated heterocycles. The molecular formula is C49H34N4O. The van der Waals surface area contributed by atoms with Crippen molar-refractivity contribution >= 4 is 61.3 Å². The van der Waals surface area contributed by atoms with E-state index in [2.05, 4.69) is 168 Å². The quantitative estimate of drug-likeness (QED) is 0.195. The molecule has 54 heavy (non-hydrogen) atoms. The minimum absolute atomic E-state index is 0.258. The summed E-state index contributed by atoms with van der Waals surface area (Å²) in [5, 5.41) is 9.82. The predicted octanol–water partition coefficient (Wildman–Crippen LogP) is 11.8. The fraction of sp³-hybridized carbons (Fsp3) is 0.0612. The van der Waals surface area contributed by atoms with Crippen LogP contribution in [0.25, 0.3) is 66.4 Å². The number of rotatable bonds is 5. The van der Waals surface area contributed by atoms with Crippen LogP contribution in [0.1, 0.15) is 35.0 Å². The first kappa shape index (κ1) is 30.6. The lowest BCUT2D eigenvalue weighted by Crippen LogP contribution is -2.34. The topological polar surface area (TPSA) is 54.8 Å². The molecule has 5 heteroatoms. The number of aromatic nitrogens is 1. The van der Waals surface area contributed by atoms with Crippen LogP contribution in [0.4, 0.5) is 0 Å². The number of furan rings is 1. The van der Waals surface area contributed by atoms with Crippen LogP contribution >= 0.6 is 0 Å². The molecule has 1 aliphatic carbocycles. The van der Waals surface area contributed by atoms with E-state index >= 15 is 0 Å². The van der Waals surface area contributed by atoms with Crippen molar-refractivity contribution in [2.45, 2.75) is 19.0 Å². The van der Waals surface area contributed by atoms with Crippen molar-refractivity contribution in [3.05, 3.63) is 192 Å². The number of hydrogen-bond donors (Lipinski definition) is 1. The molecule has 7 aromatic carbocycles. The maximum absolute atomic E-state index is 6.60. The Morgan fingerprint density at radius 1 is 0.574 bits per heavy atom. The monoisotopic (exact) mass is 694 g/mol. The highest BCUT2D eigenvalue weighted by molar-refractivity contribution is 6.15. The Morgan fingerprint density at radius 2 is 1.28 bits per heavy atom. The third-order valence-corrected chi connectivity index (χ3v) is 11.0. The second kappa shape index (κ2) is 12.3. The molecule has 0 saturated carbocycles. The molecule has 256 valence electrons. The number of nitrogens with one attached hydrogen (secondary N) is 1. The minimum Gasteiger partial charge on any atom is -0.456 e. The van der Waals surface area contributed by atoms with Crippen LogP contribution in [0, 0.1) is 0 Å². The number of amidine groups is 2. The number of nitrogens with zero attached hydrogens (tertiary/aromatic N) is 3. The molecule has 0 bridgehead atoms. The zero-order valence-electron chi connectivity index (χ0n) is 29.4. The second-order valence-corrected chi connectivity index (χ2v) is 14.2. The van der Waals surface area contributed by atoms with Crippen LogP contribution < -0.4 is 5.32 Å². The molecule has 9 aromatic rings. The summed E-state index contributed by atoms with van der Waals surface area (Å²) in [6.45, 7) is 0. The van der Waals surface area contributed by atoms with Crippen LogP contribution in [0.3, 0.4) is 0 Å². The van der Waals surface area contributed by atoms with Crippen molar-refractivity contribution in [3.63, 3.8) is 0 Å². The molecule has 0 spiro atoms. The number of aliphatic imine (C=N–C) groups is 2. The maximum Gasteiger partial charge on any atom is 0.159 e. The molecular weight excluding hydrogens is 661 g/mol. The molecule has 11 rings (SSSR count). The van der Waals surface area contributed by atoms with Gasteiger partial charge in [-0.3, -0.25) is 0 Å². The van der Waals surface area contributed by atoms with Crippen molar-refractivity contribution in [1.82, 2.24) is 9.88 Å². The lowest BCUT2D eigenvalue weighted by molar-refractivity contribution is 0.594. The molecule has 5 nitrogen and oxygen atoms in total. The van der Waals surface area contributed by atoms with Gasteiger partial charge >= 0.3 is 0 Å². The van der Waals surface area contributed by atoms with Gasteiger partial charge in [-0.05, 0) is 88.4 Å². The third-order valence-electron chi connectivity index (χ3n) is 11.0. The Morgan fingerprint density at radius 3 is 2.11 bits per heavy atom. The van der Waals surface area contributed by atoms with Gasteiger partial charge in [0.25, 0.3) is 0 Å². The van der Waals surface area contributed by atoms with Crippen LogP contribution in [0.5, 0.6) is 0 Å². The van der Waals surface area contributed by atoms with Crippen LogP contribution in [0.2, 0.25) is 0 Å². The Hall–Kier alpha value is -6.98. The summed E-state index contributed by atoms with van der Waals surface area (Å²) in [4.78, 5) is 10.3. The summed E-state index contributed by atoms with van der Waals surface area (Å²) >= 11 is 0. The number of fused-ring (bicyclic) bond motifs is 7. The Kier molecular flexibility index (Phi) is 6.99. The first-order valence-electron chi connectivity index (χ1n) is 18.6. The van der Waals surface area contributed by atoms with Crippen molar-refractivity contribution in [1.29, 1.82) is 0 Å². The summed E-state index contributed by atoms with van der Waals surface area (Å²) in [5.41, 5.74) is 11.2. The molecule has 2 aliphatic rings. The molecule has 0 fully saturated rings. The average molecular weight is 695 g/mol. The summed E-state index contributed by atoms with van der Waals surface area (Å²) in [5.74, 6) is 2.45. The van der Waals surface area contributed by atoms with Gasteiger partial charge in [0.15, 0.2) is 5.84 Å². The van der Waals surface area contributed by atoms with E-state index in [1.807, 2.05) is 12.1 Å². The van der Waals surface area contributed by atoms with Gasteiger partial charge in [0.2, 0.25) is 0 Å². The number of benzene rings is 7. The molecule has 1 atom stereocenters. The van der Waals surface area contributed by atoms with Crippen LogP contribution in [0.15, 0.2) is 184 Å². The van der Waals surface area contributed by atoms with E-state index in [4.69, 9.17) is 14.4 Å². The highest BCUT2D eigenvalue weighted by atomic mass is 16.3. The van der Waals surface area contributed by atoms with E-state index in [0.717, 1.165) is 63.6 Å². The second-order valence-electron chi connectivity index (χ2n) is 14.2. The molecule has 1 aliphatic heterocycles. The van der Waals surface area contributed by atoms with Gasteiger partial charge in [0.05, 0.1) is 11.0 Å². The normalized spacial score (nSPS) is 15.6. The van der Waals surface area contributed by atoms with Crippen molar-refractivity contribution in [2.24, 2.45) is 9.98 Å². The van der Waals surface area contributed by atoms with E-state index in [1.54, 1.807) is 0 Å². The lowest BCUT2D eigenvalue weighted by Gasteiger charge is -2.26. The largest absolute Gasteiger partial charge is 0.456 e. The number of hydrogen-bond acceptors (Lipinski definition) is 4. The SMILES string of the molecule is C1=C(C2=NC(c3ccc(-c4ccccc4)cc3)=NC(c3ccccc3)N2)CCc2c1oc1ccc(-n3c4ccccc4c4cc5ccccc5cc43)cc21. The summed E-state index contributed by atoms with van der Waals surface area (Å²) < 4.78 is 9.00. The van der Waals surface area contributed by atoms with Crippen molar-refractivity contribution in [2.75, 3.05) is 0 Å². The highest BCUT2D eigenvalue weighted by Crippen LogP contribution is 2.39.